The van der Waals surface area contributed by atoms with Crippen molar-refractivity contribution in [3.63, 3.8) is 0 Å². The number of aromatic nitrogens is 1. The third-order valence-electron chi connectivity index (χ3n) is 2.67. The lowest BCUT2D eigenvalue weighted by molar-refractivity contribution is 0.0684. The molecule has 1 heterocycles. The van der Waals surface area contributed by atoms with Crippen LogP contribution in [0.3, 0.4) is 0 Å². The Hall–Kier alpha value is -1.29. The predicted molar refractivity (Wildman–Crippen MR) is 61.7 cm³/mol. The van der Waals surface area contributed by atoms with Crippen LogP contribution in [0, 0.1) is 6.92 Å². The number of aliphatic hydroxyl groups excluding tert-OH is 1. The topological polar surface area (TPSA) is 62.5 Å². The first-order chi connectivity index (χ1) is 7.66. The smallest absolute Gasteiger partial charge is 0.352 e. The number of aliphatic hydroxyl groups is 1. The molecule has 1 rings (SSSR count). The van der Waals surface area contributed by atoms with Gasteiger partial charge in [-0.15, -0.1) is 0 Å². The molecule has 1 aromatic heterocycles. The van der Waals surface area contributed by atoms with Gasteiger partial charge in [0.15, 0.2) is 0 Å². The second-order valence-corrected chi connectivity index (χ2v) is 3.98. The molecule has 4 heteroatoms. The summed E-state index contributed by atoms with van der Waals surface area (Å²) >= 11 is 0. The van der Waals surface area contributed by atoms with E-state index >= 15 is 0 Å². The van der Waals surface area contributed by atoms with Crippen LogP contribution in [0.25, 0.3) is 0 Å². The van der Waals surface area contributed by atoms with E-state index in [2.05, 4.69) is 0 Å². The van der Waals surface area contributed by atoms with Crippen LogP contribution in [-0.2, 0) is 6.54 Å². The van der Waals surface area contributed by atoms with Gasteiger partial charge in [-0.2, -0.15) is 0 Å². The molecule has 0 saturated heterocycles. The fourth-order valence-corrected chi connectivity index (χ4v) is 1.81. The summed E-state index contributed by atoms with van der Waals surface area (Å²) in [6.45, 7) is 2.79. The molecule has 0 aliphatic carbocycles. The number of nitrogens with zero attached hydrogens (tertiary/aromatic N) is 1. The Labute approximate surface area is 95.5 Å². The molecule has 2 N–H and O–H groups in total. The van der Waals surface area contributed by atoms with Crippen molar-refractivity contribution in [2.45, 2.75) is 39.2 Å². The van der Waals surface area contributed by atoms with Gasteiger partial charge >= 0.3 is 5.97 Å². The molecule has 0 amide bonds. The summed E-state index contributed by atoms with van der Waals surface area (Å²) < 4.78 is 1.79. The van der Waals surface area contributed by atoms with Crippen molar-refractivity contribution in [1.82, 2.24) is 4.57 Å². The van der Waals surface area contributed by atoms with Crippen molar-refractivity contribution < 1.29 is 15.0 Å². The zero-order valence-electron chi connectivity index (χ0n) is 9.65. The van der Waals surface area contributed by atoms with E-state index in [0.29, 0.717) is 5.69 Å². The van der Waals surface area contributed by atoms with E-state index in [1.54, 1.807) is 4.57 Å². The number of unbranched alkanes of at least 4 members (excludes halogenated alkanes) is 3. The first-order valence-corrected chi connectivity index (χ1v) is 5.66. The normalized spacial score (nSPS) is 10.6. The second kappa shape index (κ2) is 6.33. The second-order valence-electron chi connectivity index (χ2n) is 3.98. The maximum Gasteiger partial charge on any atom is 0.352 e. The van der Waals surface area contributed by atoms with Crippen LogP contribution in [-0.4, -0.2) is 27.4 Å². The number of aromatic carboxylic acids is 1. The average Bonchev–Trinajstić information content (AvgIpc) is 2.59. The molecule has 0 bridgehead atoms. The van der Waals surface area contributed by atoms with Crippen LogP contribution < -0.4 is 0 Å². The highest BCUT2D eigenvalue weighted by molar-refractivity contribution is 5.87. The van der Waals surface area contributed by atoms with Crippen molar-refractivity contribution in [3.05, 3.63) is 23.5 Å². The van der Waals surface area contributed by atoms with Crippen LogP contribution in [0.5, 0.6) is 0 Å². The zero-order chi connectivity index (χ0) is 12.0. The summed E-state index contributed by atoms with van der Waals surface area (Å²) in [6.07, 6.45) is 5.63. The van der Waals surface area contributed by atoms with Crippen molar-refractivity contribution in [2.75, 3.05) is 6.61 Å². The maximum absolute atomic E-state index is 11.0. The van der Waals surface area contributed by atoms with Gasteiger partial charge < -0.3 is 14.8 Å². The Bertz CT molecular complexity index is 344. The molecule has 0 unspecified atom stereocenters. The fourth-order valence-electron chi connectivity index (χ4n) is 1.81. The number of rotatable bonds is 7. The summed E-state index contributed by atoms with van der Waals surface area (Å²) in [6, 6.07) is 1.83. The molecule has 1 aromatic rings. The quantitative estimate of drug-likeness (QED) is 0.698. The third-order valence-corrected chi connectivity index (χ3v) is 2.67. The minimum Gasteiger partial charge on any atom is -0.477 e. The number of carboxylic acid groups (broad SMARTS) is 1. The lowest BCUT2D eigenvalue weighted by Crippen LogP contribution is -2.09. The van der Waals surface area contributed by atoms with E-state index in [1.807, 2.05) is 19.2 Å². The van der Waals surface area contributed by atoms with Crippen LogP contribution in [0.4, 0.5) is 0 Å². The van der Waals surface area contributed by atoms with E-state index in [9.17, 15) is 4.79 Å². The van der Waals surface area contributed by atoms with Gasteiger partial charge in [0.2, 0.25) is 0 Å². The van der Waals surface area contributed by atoms with Gasteiger partial charge in [0.1, 0.15) is 5.69 Å². The highest BCUT2D eigenvalue weighted by Gasteiger charge is 2.12. The molecule has 0 spiro atoms. The van der Waals surface area contributed by atoms with E-state index in [4.69, 9.17) is 10.2 Å². The van der Waals surface area contributed by atoms with Gasteiger partial charge in [-0.3, -0.25) is 0 Å². The summed E-state index contributed by atoms with van der Waals surface area (Å²) in [5.41, 5.74) is 1.20. The predicted octanol–water partition coefficient (Wildman–Crippen LogP) is 2.05. The first-order valence-electron chi connectivity index (χ1n) is 5.66. The molecule has 0 atom stereocenters. The summed E-state index contributed by atoms with van der Waals surface area (Å²) in [4.78, 5) is 11.0. The lowest BCUT2D eigenvalue weighted by Gasteiger charge is -2.06. The standard InChI is InChI=1S/C12H19NO3/c1-10-6-8-13(11(10)12(15)16)7-4-2-3-5-9-14/h6,8,14H,2-5,7,9H2,1H3,(H,15,16). The monoisotopic (exact) mass is 225 g/mol. The van der Waals surface area contributed by atoms with E-state index in [-0.39, 0.29) is 6.61 Å². The molecule has 0 fully saturated rings. The SMILES string of the molecule is Cc1ccn(CCCCCCO)c1C(=O)O. The number of aryl methyl sites for hydroxylation is 2. The molecule has 16 heavy (non-hydrogen) atoms. The van der Waals surface area contributed by atoms with Gasteiger partial charge in [-0.1, -0.05) is 12.8 Å². The van der Waals surface area contributed by atoms with Crippen molar-refractivity contribution in [3.8, 4) is 0 Å². The van der Waals surface area contributed by atoms with Crippen molar-refractivity contribution >= 4 is 5.97 Å². The molecule has 90 valence electrons. The number of carbonyl (C=O) groups is 1. The van der Waals surface area contributed by atoms with Gasteiger partial charge in [0.25, 0.3) is 0 Å². The minimum absolute atomic E-state index is 0.239. The largest absolute Gasteiger partial charge is 0.477 e. The molecule has 0 aliphatic heterocycles. The van der Waals surface area contributed by atoms with Gasteiger partial charge in [0, 0.05) is 19.3 Å². The molecule has 0 aromatic carbocycles. The van der Waals surface area contributed by atoms with Crippen LogP contribution >= 0.6 is 0 Å². The minimum atomic E-state index is -0.863. The Morgan fingerprint density at radius 3 is 2.62 bits per heavy atom. The van der Waals surface area contributed by atoms with Crippen molar-refractivity contribution in [2.24, 2.45) is 0 Å². The molecular formula is C12H19NO3. The first kappa shape index (κ1) is 12.8. The van der Waals surface area contributed by atoms with Crippen LogP contribution in [0.2, 0.25) is 0 Å². The zero-order valence-corrected chi connectivity index (χ0v) is 9.65. The third kappa shape index (κ3) is 3.38. The van der Waals surface area contributed by atoms with E-state index in [1.165, 1.54) is 0 Å². The molecule has 0 radical (unpaired) electrons. The fraction of sp³-hybridized carbons (Fsp3) is 0.583. The Balaban J connectivity index is 2.45. The van der Waals surface area contributed by atoms with Crippen molar-refractivity contribution in [1.29, 1.82) is 0 Å². The van der Waals surface area contributed by atoms with E-state index in [0.717, 1.165) is 37.8 Å². The van der Waals surface area contributed by atoms with Gasteiger partial charge in [-0.05, 0) is 31.4 Å². The number of hydrogen-bond donors (Lipinski definition) is 2. The molecular weight excluding hydrogens is 206 g/mol. The molecule has 0 saturated carbocycles. The maximum atomic E-state index is 11.0. The summed E-state index contributed by atoms with van der Waals surface area (Å²) in [7, 11) is 0. The highest BCUT2D eigenvalue weighted by Crippen LogP contribution is 2.12. The van der Waals surface area contributed by atoms with Crippen LogP contribution in [0.15, 0.2) is 12.3 Å². The molecule has 4 nitrogen and oxygen atoms in total. The van der Waals surface area contributed by atoms with Gasteiger partial charge in [-0.25, -0.2) is 4.79 Å². The number of carboxylic acids is 1. The summed E-state index contributed by atoms with van der Waals surface area (Å²) in [5.74, 6) is -0.863. The lowest BCUT2D eigenvalue weighted by atomic mass is 10.2. The van der Waals surface area contributed by atoms with Crippen LogP contribution in [0.1, 0.15) is 41.7 Å². The van der Waals surface area contributed by atoms with E-state index < -0.39 is 5.97 Å². The Morgan fingerprint density at radius 1 is 1.31 bits per heavy atom. The average molecular weight is 225 g/mol. The Kier molecular flexibility index (Phi) is 5.05. The molecule has 0 aliphatic rings. The van der Waals surface area contributed by atoms with Gasteiger partial charge in [0.05, 0.1) is 0 Å². The number of hydrogen-bond acceptors (Lipinski definition) is 2. The Morgan fingerprint density at radius 2 is 2.00 bits per heavy atom. The summed E-state index contributed by atoms with van der Waals surface area (Å²) in [5, 5.41) is 17.6. The highest BCUT2D eigenvalue weighted by atomic mass is 16.4.